The molecule has 2 aliphatic carbocycles. The molecule has 2 saturated heterocycles. The second kappa shape index (κ2) is 17.5. The van der Waals surface area contributed by atoms with Gasteiger partial charge in [-0.25, -0.2) is 14.6 Å². The number of H-pyrrole nitrogens is 1. The highest BCUT2D eigenvalue weighted by Gasteiger charge is 2.36. The number of thioether (sulfide) groups is 1. The van der Waals surface area contributed by atoms with Crippen LogP contribution in [0, 0.1) is 12.8 Å². The molecule has 3 fully saturated rings. The highest BCUT2D eigenvalue weighted by Crippen LogP contribution is 2.33. The van der Waals surface area contributed by atoms with E-state index >= 15 is 0 Å². The summed E-state index contributed by atoms with van der Waals surface area (Å²) < 4.78 is 15.5. The Labute approximate surface area is 315 Å². The van der Waals surface area contributed by atoms with E-state index in [0.717, 1.165) is 36.2 Å². The normalized spacial score (nSPS) is 25.5. The summed E-state index contributed by atoms with van der Waals surface area (Å²) in [6.45, 7) is 1.37. The van der Waals surface area contributed by atoms with Crippen LogP contribution in [0.3, 0.4) is 0 Å². The van der Waals surface area contributed by atoms with Gasteiger partial charge in [0.15, 0.2) is 17.0 Å². The molecule has 4 aliphatic rings. The maximum atomic E-state index is 11.7. The summed E-state index contributed by atoms with van der Waals surface area (Å²) in [5.74, 6) is 2.00. The van der Waals surface area contributed by atoms with E-state index in [1.165, 1.54) is 27.1 Å². The second-order valence-corrected chi connectivity index (χ2v) is 14.4. The van der Waals surface area contributed by atoms with Crippen LogP contribution in [-0.2, 0) is 9.47 Å². The zero-order valence-electron chi connectivity index (χ0n) is 29.7. The lowest BCUT2D eigenvalue weighted by Crippen LogP contribution is -2.33. The lowest BCUT2D eigenvalue weighted by Gasteiger charge is -2.14. The van der Waals surface area contributed by atoms with E-state index in [2.05, 4.69) is 46.3 Å². The van der Waals surface area contributed by atoms with Crippen molar-refractivity contribution in [3.05, 3.63) is 84.3 Å². The molecule has 0 radical (unpaired) electrons. The Kier molecular flexibility index (Phi) is 12.5. The van der Waals surface area contributed by atoms with E-state index in [-0.39, 0.29) is 61.6 Å². The SMILES string of the molecule is Cc1cn([C@H]2C[C@H](N=[N+]=[N-])[C@@H](CO)O2)c(=O)[nH]c1=O.Nc1ccn([C@H]2CS[C@@H](CO)O2)c(=O)n1.Nc1nc(NC2CC2)c2ncn([C@H]3C=C[C@@H](CO)C3)c2n1. The van der Waals surface area contributed by atoms with Crippen LogP contribution >= 0.6 is 11.8 Å². The first-order chi connectivity index (χ1) is 26.5. The van der Waals surface area contributed by atoms with Crippen LogP contribution in [0.25, 0.3) is 21.6 Å². The standard InChI is InChI=1S/C14H18N6O.C10H13N5O4.C8H11N3O3S/c15-14-18-12(17-9-2-3-9)11-13(19-14)20(7-16-11)10-4-1-8(5-10)6-21;1-5-3-15(10(18)12-9(5)17)8-2-6(13-14-11)7(4-16)19-8;9-5-1-2-11(8(13)10-5)6-4-15-7(3-12)14-6/h1,4,7-10,21H,2-3,5-6H2,(H3,15,17,18,19);3,6-8,16H,2,4H2,1H3,(H,12,17,18);1-2,6-7,12H,3-4H2,(H2,9,10,13)/t8-,10+;6-,7+,8+;6-,7+/m101/s1. The van der Waals surface area contributed by atoms with Crippen LogP contribution in [0.2, 0.25) is 0 Å². The first kappa shape index (κ1) is 39.4. The fraction of sp³-hybridized carbons (Fsp3) is 0.531. The average Bonchev–Trinajstić information content (AvgIpc) is 3.57. The van der Waals surface area contributed by atoms with Crippen LogP contribution in [0.1, 0.15) is 49.7 Å². The van der Waals surface area contributed by atoms with Gasteiger partial charge in [0.25, 0.3) is 5.56 Å². The number of imidazole rings is 1. The van der Waals surface area contributed by atoms with E-state index in [9.17, 15) is 19.5 Å². The molecule has 0 unspecified atom stereocenters. The Morgan fingerprint density at radius 1 is 1.04 bits per heavy atom. The number of hydrogen-bond donors (Lipinski definition) is 7. The third-order valence-corrected chi connectivity index (χ3v) is 10.3. The smallest absolute Gasteiger partial charge is 0.351 e. The Bertz CT molecular complexity index is 2230. The minimum absolute atomic E-state index is 0.0572. The molecule has 23 heteroatoms. The number of fused-ring (bicyclic) bond motifs is 1. The van der Waals surface area contributed by atoms with E-state index < -0.39 is 35.3 Å². The summed E-state index contributed by atoms with van der Waals surface area (Å²) in [5, 5.41) is 34.2. The lowest BCUT2D eigenvalue weighted by atomic mass is 10.1. The van der Waals surface area contributed by atoms with Gasteiger partial charge in [-0.05, 0) is 37.8 Å². The molecule has 7 atom stereocenters. The fourth-order valence-electron chi connectivity index (χ4n) is 6.16. The number of nitrogens with two attached hydrogens (primary N) is 2. The molecule has 0 aromatic carbocycles. The number of nitrogen functional groups attached to an aromatic ring is 2. The second-order valence-electron chi connectivity index (χ2n) is 13.2. The minimum Gasteiger partial charge on any atom is -0.396 e. The number of hydrogen-bond acceptors (Lipinski definition) is 17. The van der Waals surface area contributed by atoms with Gasteiger partial charge in [0.2, 0.25) is 5.95 Å². The van der Waals surface area contributed by atoms with Crippen molar-refractivity contribution in [1.29, 1.82) is 0 Å². The molecular formula is C32H42N14O8S. The molecule has 4 aromatic rings. The third-order valence-electron chi connectivity index (χ3n) is 9.18. The van der Waals surface area contributed by atoms with Crippen LogP contribution in [0.15, 0.2) is 56.4 Å². The van der Waals surface area contributed by atoms with Crippen molar-refractivity contribution in [2.45, 2.75) is 74.7 Å². The summed E-state index contributed by atoms with van der Waals surface area (Å²) in [5.41, 5.74) is 19.8. The minimum atomic E-state index is -0.671. The monoisotopic (exact) mass is 782 g/mol. The van der Waals surface area contributed by atoms with Crippen molar-refractivity contribution in [1.82, 2.24) is 38.6 Å². The van der Waals surface area contributed by atoms with Crippen molar-refractivity contribution >= 4 is 40.5 Å². The molecule has 1 saturated carbocycles. The molecule has 2 aliphatic heterocycles. The van der Waals surface area contributed by atoms with Crippen molar-refractivity contribution in [2.75, 3.05) is 42.4 Å². The Balaban J connectivity index is 0.000000142. The van der Waals surface area contributed by atoms with Crippen LogP contribution in [0.5, 0.6) is 0 Å². The number of aryl methyl sites for hydroxylation is 1. The Hall–Kier alpha value is -5.29. The van der Waals surface area contributed by atoms with Crippen LogP contribution in [-0.4, -0.2) is 103 Å². The molecule has 22 nitrogen and oxygen atoms in total. The van der Waals surface area contributed by atoms with E-state index in [1.807, 2.05) is 10.6 Å². The topological polar surface area (TPSA) is 325 Å². The van der Waals surface area contributed by atoms with Crippen molar-refractivity contribution in [3.8, 4) is 0 Å². The van der Waals surface area contributed by atoms with E-state index in [4.69, 9.17) is 36.7 Å². The van der Waals surface area contributed by atoms with Crippen molar-refractivity contribution in [3.63, 3.8) is 0 Å². The zero-order valence-corrected chi connectivity index (χ0v) is 30.5. The van der Waals surface area contributed by atoms with E-state index in [1.54, 1.807) is 25.5 Å². The lowest BCUT2D eigenvalue weighted by molar-refractivity contribution is -0.0271. The highest BCUT2D eigenvalue weighted by molar-refractivity contribution is 8.00. The number of nitrogens with one attached hydrogen (secondary N) is 2. The van der Waals surface area contributed by atoms with Gasteiger partial charge in [-0.2, -0.15) is 15.0 Å². The molecule has 0 amide bonds. The number of azide groups is 1. The van der Waals surface area contributed by atoms with Gasteiger partial charge in [-0.15, -0.1) is 11.8 Å². The van der Waals surface area contributed by atoms with Gasteiger partial charge >= 0.3 is 11.4 Å². The van der Waals surface area contributed by atoms with Gasteiger partial charge in [-0.1, -0.05) is 17.3 Å². The molecule has 9 N–H and O–H groups in total. The predicted molar refractivity (Wildman–Crippen MR) is 201 cm³/mol. The number of allylic oxidation sites excluding steroid dienone is 1. The van der Waals surface area contributed by atoms with Crippen molar-refractivity contribution < 1.29 is 24.8 Å². The van der Waals surface area contributed by atoms with Crippen molar-refractivity contribution in [2.24, 2.45) is 11.0 Å². The molecular weight excluding hydrogens is 741 g/mol. The highest BCUT2D eigenvalue weighted by atomic mass is 32.2. The third kappa shape index (κ3) is 9.33. The quantitative estimate of drug-likeness (QED) is 0.0520. The number of aliphatic hydroxyl groups excluding tert-OH is 3. The number of nitrogens with zero attached hydrogens (tertiary/aromatic N) is 10. The Morgan fingerprint density at radius 2 is 1.84 bits per heavy atom. The largest absolute Gasteiger partial charge is 0.396 e. The molecule has 4 aromatic heterocycles. The number of anilines is 3. The summed E-state index contributed by atoms with van der Waals surface area (Å²) in [7, 11) is 0. The molecule has 0 bridgehead atoms. The maximum Gasteiger partial charge on any atom is 0.351 e. The van der Waals surface area contributed by atoms with Gasteiger partial charge < -0.3 is 46.1 Å². The number of aromatic nitrogens is 8. The molecule has 0 spiro atoms. The fourth-order valence-corrected chi connectivity index (χ4v) is 7.09. The van der Waals surface area contributed by atoms with Gasteiger partial charge in [-0.3, -0.25) is 18.9 Å². The summed E-state index contributed by atoms with van der Waals surface area (Å²) >= 11 is 1.47. The number of ether oxygens (including phenoxy) is 2. The number of rotatable bonds is 9. The van der Waals surface area contributed by atoms with E-state index in [0.29, 0.717) is 17.4 Å². The van der Waals surface area contributed by atoms with Gasteiger partial charge in [0.05, 0.1) is 37.7 Å². The Morgan fingerprint density at radius 3 is 2.49 bits per heavy atom. The molecule has 294 valence electrons. The average molecular weight is 783 g/mol. The zero-order chi connectivity index (χ0) is 39.2. The molecule has 6 heterocycles. The number of aliphatic hydroxyl groups is 3. The maximum absolute atomic E-state index is 11.7. The number of aromatic amines is 1. The summed E-state index contributed by atoms with van der Waals surface area (Å²) in [6.07, 6.45) is 10.6. The molecule has 55 heavy (non-hydrogen) atoms. The van der Waals surface area contributed by atoms with Crippen LogP contribution in [0.4, 0.5) is 17.6 Å². The molecule has 8 rings (SSSR count). The summed E-state index contributed by atoms with van der Waals surface area (Å²) in [4.78, 5) is 56.0. The predicted octanol–water partition coefficient (Wildman–Crippen LogP) is 0.302. The van der Waals surface area contributed by atoms with Crippen LogP contribution < -0.4 is 33.7 Å². The summed E-state index contributed by atoms with van der Waals surface area (Å²) in [6, 6.07) is 1.65. The first-order valence-corrected chi connectivity index (χ1v) is 18.5. The van der Waals surface area contributed by atoms with Gasteiger partial charge in [0, 0.05) is 53.6 Å². The first-order valence-electron chi connectivity index (χ1n) is 17.4. The van der Waals surface area contributed by atoms with Gasteiger partial charge in [0.1, 0.15) is 23.7 Å².